The maximum absolute atomic E-state index is 12.6. The van der Waals surface area contributed by atoms with Gasteiger partial charge in [-0.15, -0.1) is 14.6 Å². The maximum atomic E-state index is 12.6. The molecule has 0 saturated heterocycles. The van der Waals surface area contributed by atoms with Gasteiger partial charge in [-0.25, -0.2) is 33.7 Å². The van der Waals surface area contributed by atoms with Gasteiger partial charge in [-0.1, -0.05) is 24.3 Å². The van der Waals surface area contributed by atoms with Crippen molar-refractivity contribution in [3.8, 4) is 5.75 Å². The van der Waals surface area contributed by atoms with Crippen LogP contribution in [0.15, 0.2) is 84.4 Å². The van der Waals surface area contributed by atoms with Crippen LogP contribution in [0.3, 0.4) is 0 Å². The van der Waals surface area contributed by atoms with Crippen LogP contribution in [-0.4, -0.2) is 64.8 Å². The summed E-state index contributed by atoms with van der Waals surface area (Å²) < 4.78 is 142. The van der Waals surface area contributed by atoms with E-state index < -0.39 is 95.1 Å². The van der Waals surface area contributed by atoms with Gasteiger partial charge in [-0.05, 0) is 35.7 Å². The van der Waals surface area contributed by atoms with Crippen molar-refractivity contribution in [2.24, 2.45) is 10.2 Å². The quantitative estimate of drug-likeness (QED) is 0.0201. The van der Waals surface area contributed by atoms with Gasteiger partial charge >= 0.3 is 118 Å². The molecule has 0 bridgehead atoms. The Morgan fingerprint density at radius 2 is 1.31 bits per heavy atom. The Bertz CT molecular complexity index is 2320. The van der Waals surface area contributed by atoms with Gasteiger partial charge in [0.1, 0.15) is 41.7 Å². The van der Waals surface area contributed by atoms with E-state index in [0.717, 1.165) is 48.5 Å². The monoisotopic (exact) mass is 1070 g/mol. The molecule has 0 aliphatic rings. The van der Waals surface area contributed by atoms with E-state index in [2.05, 4.69) is 61.0 Å². The first-order valence-corrected chi connectivity index (χ1v) is 24.5. The van der Waals surface area contributed by atoms with Gasteiger partial charge in [0, 0.05) is 53.4 Å². The van der Waals surface area contributed by atoms with Crippen LogP contribution in [0.1, 0.15) is 0 Å². The van der Waals surface area contributed by atoms with Crippen LogP contribution in [-0.2, 0) is 53.7 Å². The number of hydrogen-bond acceptors (Lipinski definition) is 19. The van der Waals surface area contributed by atoms with Crippen molar-refractivity contribution in [3.05, 3.63) is 54.6 Å². The Balaban J connectivity index is 0. The first-order valence-electron chi connectivity index (χ1n) is 11.6. The van der Waals surface area contributed by atoms with Crippen molar-refractivity contribution >= 4 is 123 Å². The molecule has 4 rings (SSSR count). The van der Waals surface area contributed by atoms with Crippen molar-refractivity contribution in [3.63, 3.8) is 0 Å². The fourth-order valence-electron chi connectivity index (χ4n) is 4.11. The largest absolute Gasteiger partial charge is 1.00 e. The van der Waals surface area contributed by atoms with Crippen molar-refractivity contribution in [1.82, 2.24) is 0 Å². The average Bonchev–Trinajstić information content (AvgIpc) is 2.99. The van der Waals surface area contributed by atoms with Crippen LogP contribution in [0, 0.1) is 0 Å². The summed E-state index contributed by atoms with van der Waals surface area (Å²) in [5.74, 6) is -1.73. The zero-order valence-electron chi connectivity index (χ0n) is 26.4. The molecule has 51 heavy (non-hydrogen) atoms. The average molecular weight is 1070 g/mol. The van der Waals surface area contributed by atoms with Crippen LogP contribution < -0.4 is 123 Å². The number of aromatic hydroxyl groups is 1. The van der Waals surface area contributed by atoms with E-state index in [4.69, 9.17) is 0 Å². The third kappa shape index (κ3) is 14.5. The minimum atomic E-state index is -5.39. The molecule has 0 saturated carbocycles. The maximum Gasteiger partial charge on any atom is 1.00 e. The molecular weight excluding hydrogens is 1050 g/mol. The van der Waals surface area contributed by atoms with Gasteiger partial charge in [0.15, 0.2) is 27.9 Å². The summed E-state index contributed by atoms with van der Waals surface area (Å²) in [6, 6.07) is 8.19. The van der Waals surface area contributed by atoms with Crippen LogP contribution in [0.5, 0.6) is 5.75 Å². The molecule has 4 aromatic carbocycles. The molecule has 0 amide bonds. The molecule has 4 aromatic rings. The van der Waals surface area contributed by atoms with E-state index >= 15 is 0 Å². The molecular formula is C22H14I2N2Na4O16S5. The van der Waals surface area contributed by atoms with Gasteiger partial charge in [0.05, 0.1) is 31.9 Å². The molecule has 0 unspecified atom stereocenters. The summed E-state index contributed by atoms with van der Waals surface area (Å²) in [6.07, 6.45) is 0. The Hall–Kier alpha value is 2.13. The standard InChI is InChI=1S/C22H18N2O16S5.I2.4Na/c25-21-17(11-19(44(32,33)34)15-2-1-3-18(20(15)21)43(29,30)31)24-23-16-7-4-12-10-13(5-6-14(12)22(16)45(35,36)37)42(27,28)9-8-38-41-40-39-26;1-2;;;;/h1-7,10-11,25-26H,8-9H2,(H,29,30,31)(H,32,33,34)(H,35,36,37);;;;;/q;;4*+1/p-4. The third-order valence-electron chi connectivity index (χ3n) is 5.91. The van der Waals surface area contributed by atoms with E-state index in [1.165, 1.54) is 0 Å². The number of rotatable bonds is 12. The Labute approximate surface area is 407 Å². The van der Waals surface area contributed by atoms with E-state index in [1.54, 1.807) is 0 Å². The Kier molecular flexibility index (Phi) is 25.5. The number of nitrogens with zero attached hydrogens (tertiary/aromatic N) is 2. The second kappa shape index (κ2) is 23.5. The van der Waals surface area contributed by atoms with Crippen molar-refractivity contribution in [1.29, 1.82) is 0 Å². The summed E-state index contributed by atoms with van der Waals surface area (Å²) in [4.78, 5) is -3.53. The smallest absolute Gasteiger partial charge is 0.744 e. The Morgan fingerprint density at radius 3 is 1.86 bits per heavy atom. The van der Waals surface area contributed by atoms with Gasteiger partial charge in [0.25, 0.3) is 0 Å². The molecule has 0 aliphatic heterocycles. The van der Waals surface area contributed by atoms with E-state index in [9.17, 15) is 57.7 Å². The molecule has 0 spiro atoms. The summed E-state index contributed by atoms with van der Waals surface area (Å²) >= 11 is 4.32. The van der Waals surface area contributed by atoms with Crippen LogP contribution >= 0.6 is 49.6 Å². The van der Waals surface area contributed by atoms with E-state index in [1.807, 2.05) is 0 Å². The van der Waals surface area contributed by atoms with Crippen LogP contribution in [0.2, 0.25) is 0 Å². The number of azo groups is 1. The molecule has 0 radical (unpaired) electrons. The fourth-order valence-corrected chi connectivity index (χ4v) is 7.76. The molecule has 0 fully saturated rings. The summed E-state index contributed by atoms with van der Waals surface area (Å²) in [7, 11) is -20.2. The SMILES string of the molecule is II.O=S(=O)([O-])c1c(N=Nc2cc(S(=O)(=O)[O-])c3cccc(S(=O)(=O)[O-])c3c2O)ccc2cc(S(=O)(=O)CCOSOO[O-])ccc12.[Na+].[Na+].[Na+].[Na+]. The van der Waals surface area contributed by atoms with Crippen LogP contribution in [0.25, 0.3) is 21.5 Å². The zero-order valence-corrected chi connectivity index (χ0v) is 42.8. The minimum Gasteiger partial charge on any atom is -0.744 e. The predicted octanol–water partition coefficient (Wildman–Crippen LogP) is -8.81. The Morgan fingerprint density at radius 1 is 0.725 bits per heavy atom. The first kappa shape index (κ1) is 55.2. The van der Waals surface area contributed by atoms with Gasteiger partial charge in [-0.2, -0.15) is 0 Å². The molecule has 0 heterocycles. The van der Waals surface area contributed by atoms with E-state index in [0.29, 0.717) is 6.07 Å². The summed E-state index contributed by atoms with van der Waals surface area (Å²) in [5.41, 5.74) is -1.58. The molecule has 18 nitrogen and oxygen atoms in total. The number of phenolic OH excluding ortho intramolecular Hbond substituents is 1. The van der Waals surface area contributed by atoms with Crippen LogP contribution in [0.4, 0.5) is 11.4 Å². The number of phenols is 1. The molecule has 0 aromatic heterocycles. The second-order valence-electron chi connectivity index (χ2n) is 8.63. The zero-order chi connectivity index (χ0) is 35.4. The predicted molar refractivity (Wildman–Crippen MR) is 173 cm³/mol. The van der Waals surface area contributed by atoms with Gasteiger partial charge in [-0.3, -0.25) is 9.22 Å². The van der Waals surface area contributed by atoms with Crippen molar-refractivity contribution < 1.29 is 189 Å². The fraction of sp³-hybridized carbons (Fsp3) is 0.0909. The van der Waals surface area contributed by atoms with Gasteiger partial charge < -0.3 is 24.0 Å². The molecule has 0 aliphatic carbocycles. The van der Waals surface area contributed by atoms with Gasteiger partial charge in [0.2, 0.25) is 0 Å². The molecule has 29 heteroatoms. The number of sulfone groups is 1. The minimum absolute atomic E-state index is 0. The number of halogens is 2. The van der Waals surface area contributed by atoms with E-state index in [-0.39, 0.29) is 146 Å². The summed E-state index contributed by atoms with van der Waals surface area (Å²) in [5, 5.41) is 28.7. The summed E-state index contributed by atoms with van der Waals surface area (Å²) in [6.45, 7) is -0.451. The third-order valence-corrected chi connectivity index (χ3v) is 10.6. The molecule has 0 atom stereocenters. The van der Waals surface area contributed by atoms with Crippen molar-refractivity contribution in [2.45, 2.75) is 19.6 Å². The number of fused-ring (bicyclic) bond motifs is 2. The topological polar surface area (TPSA) is 301 Å². The normalized spacial score (nSPS) is 11.8. The van der Waals surface area contributed by atoms with Crippen molar-refractivity contribution in [2.75, 3.05) is 12.4 Å². The molecule has 1 N–H and O–H groups in total. The number of benzene rings is 4. The molecule has 256 valence electrons. The first-order chi connectivity index (χ1) is 21.9. The second-order valence-corrected chi connectivity index (χ2v) is 15.3. The number of hydrogen-bond donors (Lipinski definition) is 1.